The summed E-state index contributed by atoms with van der Waals surface area (Å²) >= 11 is 0. The van der Waals surface area contributed by atoms with Crippen molar-refractivity contribution in [1.82, 2.24) is 5.32 Å². The second kappa shape index (κ2) is 7.18. The number of nitriles is 1. The van der Waals surface area contributed by atoms with Gasteiger partial charge in [0.2, 0.25) is 5.91 Å². The predicted molar refractivity (Wildman–Crippen MR) is 81.7 cm³/mol. The molecule has 0 fully saturated rings. The molecule has 6 heteroatoms. The van der Waals surface area contributed by atoms with Crippen LogP contribution in [0.3, 0.4) is 0 Å². The standard InChI is InChI=1S/C17H14FN3O2/c18-14-7-5-13(6-8-14)17(23)21-15(16(20)22)9-11-1-3-12(10-19)4-2-11/h1-8,15H,9H2,(H2,20,22)(H,21,23)/t15-/m0/s1. The SMILES string of the molecule is N#Cc1ccc(C[C@H](NC(=O)c2ccc(F)cc2)C(N)=O)cc1. The van der Waals surface area contributed by atoms with Gasteiger partial charge in [0.15, 0.2) is 0 Å². The van der Waals surface area contributed by atoms with Gasteiger partial charge in [-0.25, -0.2) is 4.39 Å². The van der Waals surface area contributed by atoms with Crippen LogP contribution in [0.15, 0.2) is 48.5 Å². The highest BCUT2D eigenvalue weighted by atomic mass is 19.1. The van der Waals surface area contributed by atoms with Gasteiger partial charge < -0.3 is 11.1 Å². The third-order valence-electron chi connectivity index (χ3n) is 3.28. The minimum atomic E-state index is -0.902. The molecule has 116 valence electrons. The number of amides is 2. The summed E-state index contributed by atoms with van der Waals surface area (Å²) < 4.78 is 12.9. The fourth-order valence-electron chi connectivity index (χ4n) is 2.02. The second-order valence-corrected chi connectivity index (χ2v) is 4.95. The van der Waals surface area contributed by atoms with Gasteiger partial charge >= 0.3 is 0 Å². The number of nitrogens with two attached hydrogens (primary N) is 1. The molecule has 0 saturated heterocycles. The van der Waals surface area contributed by atoms with Crippen LogP contribution < -0.4 is 11.1 Å². The zero-order chi connectivity index (χ0) is 16.8. The molecule has 2 aromatic carbocycles. The summed E-state index contributed by atoms with van der Waals surface area (Å²) in [6, 6.07) is 12.7. The number of hydrogen-bond acceptors (Lipinski definition) is 3. The van der Waals surface area contributed by atoms with Crippen LogP contribution in [0.5, 0.6) is 0 Å². The topological polar surface area (TPSA) is 96.0 Å². The molecule has 5 nitrogen and oxygen atoms in total. The number of rotatable bonds is 5. The van der Waals surface area contributed by atoms with Crippen molar-refractivity contribution in [3.63, 3.8) is 0 Å². The van der Waals surface area contributed by atoms with Gasteiger partial charge in [0.05, 0.1) is 11.6 Å². The lowest BCUT2D eigenvalue weighted by molar-refractivity contribution is -0.119. The molecule has 3 N–H and O–H groups in total. The average molecular weight is 311 g/mol. The predicted octanol–water partition coefficient (Wildman–Crippen LogP) is 1.52. The normalized spacial score (nSPS) is 11.3. The molecule has 0 aliphatic rings. The van der Waals surface area contributed by atoms with Crippen molar-refractivity contribution >= 4 is 11.8 Å². The van der Waals surface area contributed by atoms with E-state index in [4.69, 9.17) is 11.0 Å². The highest BCUT2D eigenvalue weighted by Gasteiger charge is 2.19. The highest BCUT2D eigenvalue weighted by Crippen LogP contribution is 2.08. The number of hydrogen-bond donors (Lipinski definition) is 2. The van der Waals surface area contributed by atoms with Crippen LogP contribution in [-0.4, -0.2) is 17.9 Å². The summed E-state index contributed by atoms with van der Waals surface area (Å²) in [4.78, 5) is 23.6. The highest BCUT2D eigenvalue weighted by molar-refractivity contribution is 5.97. The van der Waals surface area contributed by atoms with Crippen LogP contribution in [-0.2, 0) is 11.2 Å². The minimum absolute atomic E-state index is 0.202. The molecule has 0 bridgehead atoms. The first-order valence-electron chi connectivity index (χ1n) is 6.84. The number of carbonyl (C=O) groups is 2. The Morgan fingerprint density at radius 1 is 1.13 bits per heavy atom. The van der Waals surface area contributed by atoms with Crippen LogP contribution >= 0.6 is 0 Å². The molecule has 2 amide bonds. The smallest absolute Gasteiger partial charge is 0.251 e. The zero-order valence-electron chi connectivity index (χ0n) is 12.1. The van der Waals surface area contributed by atoms with Crippen LogP contribution in [0.25, 0.3) is 0 Å². The molecule has 2 aromatic rings. The summed E-state index contributed by atoms with van der Waals surface area (Å²) in [6.45, 7) is 0. The number of nitrogens with one attached hydrogen (secondary N) is 1. The first-order chi connectivity index (χ1) is 11.0. The Kier molecular flexibility index (Phi) is 5.05. The van der Waals surface area contributed by atoms with Gasteiger partial charge in [-0.2, -0.15) is 5.26 Å². The molecular formula is C17H14FN3O2. The Balaban J connectivity index is 2.09. The summed E-state index contributed by atoms with van der Waals surface area (Å²) in [5.41, 5.74) is 6.82. The Bertz CT molecular complexity index is 749. The Morgan fingerprint density at radius 2 is 1.74 bits per heavy atom. The third kappa shape index (κ3) is 4.38. The molecule has 0 aliphatic heterocycles. The maximum absolute atomic E-state index is 12.9. The molecule has 0 aliphatic carbocycles. The van der Waals surface area contributed by atoms with Gasteiger partial charge in [0.25, 0.3) is 5.91 Å². The fourth-order valence-corrected chi connectivity index (χ4v) is 2.02. The summed E-state index contributed by atoms with van der Waals surface area (Å²) in [6.07, 6.45) is 0.202. The van der Waals surface area contributed by atoms with E-state index in [1.54, 1.807) is 24.3 Å². The van der Waals surface area contributed by atoms with E-state index in [1.165, 1.54) is 12.1 Å². The third-order valence-corrected chi connectivity index (χ3v) is 3.28. The van der Waals surface area contributed by atoms with Crippen molar-refractivity contribution in [3.05, 3.63) is 71.0 Å². The van der Waals surface area contributed by atoms with Crippen molar-refractivity contribution in [2.75, 3.05) is 0 Å². The van der Waals surface area contributed by atoms with Crippen LogP contribution in [0, 0.1) is 17.1 Å². The van der Waals surface area contributed by atoms with E-state index >= 15 is 0 Å². The Hall–Kier alpha value is -3.20. The van der Waals surface area contributed by atoms with Gasteiger partial charge in [-0.3, -0.25) is 9.59 Å². The van der Waals surface area contributed by atoms with Crippen molar-refractivity contribution in [2.45, 2.75) is 12.5 Å². The van der Waals surface area contributed by atoms with E-state index < -0.39 is 23.7 Å². The van der Waals surface area contributed by atoms with E-state index in [-0.39, 0.29) is 12.0 Å². The molecule has 1 atom stereocenters. The number of nitrogens with zero attached hydrogens (tertiary/aromatic N) is 1. The first kappa shape index (κ1) is 16.2. The molecule has 0 radical (unpaired) electrons. The van der Waals surface area contributed by atoms with Crippen molar-refractivity contribution in [1.29, 1.82) is 5.26 Å². The second-order valence-electron chi connectivity index (χ2n) is 4.95. The maximum Gasteiger partial charge on any atom is 0.251 e. The lowest BCUT2D eigenvalue weighted by Gasteiger charge is -2.15. The molecule has 0 unspecified atom stereocenters. The molecule has 0 aromatic heterocycles. The Morgan fingerprint density at radius 3 is 2.26 bits per heavy atom. The van der Waals surface area contributed by atoms with Crippen LogP contribution in [0.2, 0.25) is 0 Å². The van der Waals surface area contributed by atoms with Gasteiger partial charge in [-0.05, 0) is 42.0 Å². The quantitative estimate of drug-likeness (QED) is 0.876. The van der Waals surface area contributed by atoms with Crippen LogP contribution in [0.4, 0.5) is 4.39 Å². The van der Waals surface area contributed by atoms with Gasteiger partial charge in [0.1, 0.15) is 11.9 Å². The zero-order valence-corrected chi connectivity index (χ0v) is 12.1. The molecule has 23 heavy (non-hydrogen) atoms. The van der Waals surface area contributed by atoms with E-state index in [0.717, 1.165) is 17.7 Å². The first-order valence-corrected chi connectivity index (χ1v) is 6.84. The van der Waals surface area contributed by atoms with Crippen molar-refractivity contribution in [2.24, 2.45) is 5.73 Å². The van der Waals surface area contributed by atoms with Crippen molar-refractivity contribution < 1.29 is 14.0 Å². The largest absolute Gasteiger partial charge is 0.368 e. The summed E-state index contributed by atoms with van der Waals surface area (Å²) in [5.74, 6) is -1.64. The number of benzene rings is 2. The maximum atomic E-state index is 12.9. The van der Waals surface area contributed by atoms with E-state index in [2.05, 4.69) is 5.32 Å². The summed E-state index contributed by atoms with van der Waals surface area (Å²) in [7, 11) is 0. The van der Waals surface area contributed by atoms with Crippen molar-refractivity contribution in [3.8, 4) is 6.07 Å². The van der Waals surface area contributed by atoms with Gasteiger partial charge in [-0.15, -0.1) is 0 Å². The molecule has 0 spiro atoms. The molecule has 0 heterocycles. The van der Waals surface area contributed by atoms with Gasteiger partial charge in [-0.1, -0.05) is 12.1 Å². The molecule has 0 saturated carbocycles. The van der Waals surface area contributed by atoms with E-state index in [9.17, 15) is 14.0 Å². The van der Waals surface area contributed by atoms with Gasteiger partial charge in [0, 0.05) is 12.0 Å². The van der Waals surface area contributed by atoms with E-state index in [1.807, 2.05) is 6.07 Å². The molecule has 2 rings (SSSR count). The van der Waals surface area contributed by atoms with Crippen LogP contribution in [0.1, 0.15) is 21.5 Å². The molecular weight excluding hydrogens is 297 g/mol. The number of primary amides is 1. The Labute approximate surface area is 132 Å². The lowest BCUT2D eigenvalue weighted by Crippen LogP contribution is -2.45. The number of halogens is 1. The van der Waals surface area contributed by atoms with E-state index in [0.29, 0.717) is 5.56 Å². The summed E-state index contributed by atoms with van der Waals surface area (Å²) in [5, 5.41) is 11.3. The monoisotopic (exact) mass is 311 g/mol. The number of carbonyl (C=O) groups excluding carboxylic acids is 2. The lowest BCUT2D eigenvalue weighted by atomic mass is 10.0. The average Bonchev–Trinajstić information content (AvgIpc) is 2.55. The fraction of sp³-hybridized carbons (Fsp3) is 0.118. The minimum Gasteiger partial charge on any atom is -0.368 e.